The molecule has 0 fully saturated rings. The Morgan fingerprint density at radius 1 is 0.418 bits per heavy atom. The zero-order valence-corrected chi connectivity index (χ0v) is 43.5. The maximum Gasteiger partial charge on any atom is 2.00 e. The van der Waals surface area contributed by atoms with Gasteiger partial charge in [0.15, 0.2) is 0 Å². The van der Waals surface area contributed by atoms with Gasteiger partial charge >= 0.3 is 31.4 Å². The minimum atomic E-state index is -0.375. The molecule has 9 heteroatoms. The number of aryl methyl sites for hydroxylation is 2. The van der Waals surface area contributed by atoms with Crippen molar-refractivity contribution in [3.63, 3.8) is 0 Å². The van der Waals surface area contributed by atoms with Gasteiger partial charge in [0.05, 0.1) is 48.1 Å². The summed E-state index contributed by atoms with van der Waals surface area (Å²) in [6.45, 7) is 4.53. The minimum absolute atomic E-state index is 0. The summed E-state index contributed by atoms with van der Waals surface area (Å²) >= 11 is 0. The number of hydrogen-bond donors (Lipinski definition) is 0. The van der Waals surface area contributed by atoms with E-state index in [1.807, 2.05) is 48.5 Å². The summed E-state index contributed by atoms with van der Waals surface area (Å²) in [5.41, 5.74) is 13.7. The van der Waals surface area contributed by atoms with Gasteiger partial charge in [-0.2, -0.15) is 0 Å². The van der Waals surface area contributed by atoms with Gasteiger partial charge in [-0.1, -0.05) is 165 Å². The van der Waals surface area contributed by atoms with Crippen LogP contribution in [0.25, 0.3) is 68.6 Å². The number of methoxy groups -OCH3 is 2. The van der Waals surface area contributed by atoms with E-state index in [-0.39, 0.29) is 31.4 Å². The number of unbranched alkanes of at least 4 members (excludes halogenated alkanes) is 16. The van der Waals surface area contributed by atoms with Crippen LogP contribution in [0.2, 0.25) is 0 Å². The van der Waals surface area contributed by atoms with E-state index in [4.69, 9.17) is 29.4 Å². The van der Waals surface area contributed by atoms with Crippen LogP contribution in [0.4, 0.5) is 0 Å². The molecular formula is C58H68N4O4Zn. The Morgan fingerprint density at radius 2 is 0.731 bits per heavy atom. The molecular weight excluding hydrogens is 882 g/mol. The Labute approximate surface area is 411 Å². The Hall–Kier alpha value is -5.40. The molecule has 8 bridgehead atoms. The van der Waals surface area contributed by atoms with Crippen molar-refractivity contribution in [1.82, 2.24) is 19.9 Å². The Bertz CT molecular complexity index is 2460. The van der Waals surface area contributed by atoms with Gasteiger partial charge in [0.1, 0.15) is 0 Å². The third kappa shape index (κ3) is 13.4. The first-order chi connectivity index (χ1) is 32.4. The van der Waals surface area contributed by atoms with Crippen molar-refractivity contribution in [2.24, 2.45) is 0 Å². The zero-order valence-electron chi connectivity index (χ0n) is 40.5. The number of rotatable bonds is 24. The topological polar surface area (TPSA) is 107 Å². The van der Waals surface area contributed by atoms with Crippen LogP contribution in [0.3, 0.4) is 0 Å². The van der Waals surface area contributed by atoms with E-state index < -0.39 is 0 Å². The molecule has 8 nitrogen and oxygen atoms in total. The van der Waals surface area contributed by atoms with Crippen LogP contribution in [0, 0.1) is 0 Å². The second-order valence-electron chi connectivity index (χ2n) is 17.9. The fraction of sp³-hybridized carbons (Fsp3) is 0.414. The summed E-state index contributed by atoms with van der Waals surface area (Å²) in [5.74, 6) is -0.750. The van der Waals surface area contributed by atoms with Gasteiger partial charge in [0, 0.05) is 0 Å². The van der Waals surface area contributed by atoms with Gasteiger partial charge in [0.25, 0.3) is 0 Å². The summed E-state index contributed by atoms with van der Waals surface area (Å²) in [6, 6.07) is 23.6. The first-order valence-electron chi connectivity index (χ1n) is 24.8. The minimum Gasteiger partial charge on any atom is -0.657 e. The molecule has 0 amide bonds. The Kier molecular flexibility index (Phi) is 20.0. The second kappa shape index (κ2) is 26.2. The van der Waals surface area contributed by atoms with Crippen LogP contribution in [-0.4, -0.2) is 36.1 Å². The molecule has 0 unspecified atom stereocenters. The van der Waals surface area contributed by atoms with E-state index in [1.54, 1.807) is 0 Å². The van der Waals surface area contributed by atoms with E-state index in [9.17, 15) is 9.59 Å². The molecule has 7 rings (SSSR count). The normalized spacial score (nSPS) is 11.8. The van der Waals surface area contributed by atoms with Gasteiger partial charge < -0.3 is 19.4 Å². The van der Waals surface area contributed by atoms with Crippen LogP contribution in [0.1, 0.15) is 184 Å². The maximum atomic E-state index is 12.5. The predicted octanol–water partition coefficient (Wildman–Crippen LogP) is 15.0. The number of ether oxygens (including phenoxy) is 2. The molecule has 3 aromatic heterocycles. The molecule has 2 aromatic carbocycles. The standard InChI is InChI=1S/C58H69N4O4.Zn/c1-5-7-9-11-13-15-17-19-21-23-45-47-33-37-51(59-47)55(41-25-29-43(30-26-41)57(63)65-3)53-39-35-49(61-53)46(24-22-20-18-16-14-12-10-8-6-2)50-36-40-54(62-50)56(52-38-34-48(45)60-52)42-27-31-44(32-28-42)58(64)66-4;/h25-40H,5-24H2,1-4H3,(H-,59,60,61,62,63,64);/q-1;+2/p-1. The molecule has 5 heterocycles. The third-order valence-corrected chi connectivity index (χ3v) is 13.1. The molecule has 2 aliphatic heterocycles. The largest absolute Gasteiger partial charge is 2.00 e. The summed E-state index contributed by atoms with van der Waals surface area (Å²) in [5, 5.41) is 0. The molecule has 346 valence electrons. The quantitative estimate of drug-likeness (QED) is 0.0335. The van der Waals surface area contributed by atoms with Crippen LogP contribution < -0.4 is 9.97 Å². The zero-order chi connectivity index (χ0) is 46.1. The van der Waals surface area contributed by atoms with Crippen molar-refractivity contribution >= 4 is 58.3 Å². The van der Waals surface area contributed by atoms with Crippen LogP contribution in [-0.2, 0) is 41.8 Å². The van der Waals surface area contributed by atoms with Crippen molar-refractivity contribution in [2.45, 2.75) is 142 Å². The smallest absolute Gasteiger partial charge is 0.657 e. The Morgan fingerprint density at radius 3 is 1.07 bits per heavy atom. The molecule has 67 heavy (non-hydrogen) atoms. The second-order valence-corrected chi connectivity index (χ2v) is 17.9. The van der Waals surface area contributed by atoms with E-state index in [0.29, 0.717) is 11.1 Å². The summed E-state index contributed by atoms with van der Waals surface area (Å²) in [4.78, 5) is 46.6. The maximum absolute atomic E-state index is 12.5. The molecule has 5 aromatic rings. The number of nitrogens with zero attached hydrogens (tertiary/aromatic N) is 4. The fourth-order valence-corrected chi connectivity index (χ4v) is 9.31. The molecule has 0 spiro atoms. The first-order valence-corrected chi connectivity index (χ1v) is 24.8. The predicted molar refractivity (Wildman–Crippen MR) is 272 cm³/mol. The molecule has 0 aliphatic carbocycles. The van der Waals surface area contributed by atoms with Crippen LogP contribution in [0.15, 0.2) is 72.8 Å². The molecule has 0 saturated heterocycles. The average molecular weight is 951 g/mol. The summed E-state index contributed by atoms with van der Waals surface area (Å²) < 4.78 is 10.1. The van der Waals surface area contributed by atoms with E-state index in [2.05, 4.69) is 62.4 Å². The number of aromatic nitrogens is 4. The van der Waals surface area contributed by atoms with Crippen molar-refractivity contribution in [3.8, 4) is 22.3 Å². The SMILES string of the molecule is CCCCCCCCCCCc1c2nc(c(-c3ccc(C(=O)OC)cc3)c3ccc([n-]3)c(CCCCCCCCCCC)c3nc(c(-c4ccc(C(=O)OC)cc4)c4ccc1[n-]4)C=C3)C=C2.[Zn+2]. The summed E-state index contributed by atoms with van der Waals surface area (Å²) in [7, 11) is 2.81. The molecule has 0 N–H and O–H groups in total. The molecule has 2 aliphatic rings. The molecule has 0 atom stereocenters. The van der Waals surface area contributed by atoms with Crippen LogP contribution >= 0.6 is 0 Å². The van der Waals surface area contributed by atoms with Crippen molar-refractivity contribution in [1.29, 1.82) is 0 Å². The first kappa shape index (κ1) is 51.0. The number of carbonyl (C=O) groups excluding carboxylic acids is 2. The number of carbonyl (C=O) groups is 2. The number of benzene rings is 2. The van der Waals surface area contributed by atoms with Gasteiger partial charge in [-0.25, -0.2) is 19.6 Å². The van der Waals surface area contributed by atoms with E-state index in [0.717, 1.165) is 117 Å². The van der Waals surface area contributed by atoms with Gasteiger partial charge in [-0.3, -0.25) is 0 Å². The van der Waals surface area contributed by atoms with Crippen molar-refractivity contribution in [2.75, 3.05) is 14.2 Å². The number of esters is 2. The van der Waals surface area contributed by atoms with Crippen molar-refractivity contribution in [3.05, 3.63) is 118 Å². The number of hydrogen-bond acceptors (Lipinski definition) is 6. The fourth-order valence-electron chi connectivity index (χ4n) is 9.31. The van der Waals surface area contributed by atoms with E-state index >= 15 is 0 Å². The monoisotopic (exact) mass is 948 g/mol. The average Bonchev–Trinajstić information content (AvgIpc) is 4.20. The van der Waals surface area contributed by atoms with Gasteiger partial charge in [-0.05, 0) is 108 Å². The Balaban J connectivity index is 0.00000741. The molecule has 0 radical (unpaired) electrons. The number of fused-ring (bicyclic) bond motifs is 8. The van der Waals surface area contributed by atoms with Crippen LogP contribution in [0.5, 0.6) is 0 Å². The van der Waals surface area contributed by atoms with E-state index in [1.165, 1.54) is 104 Å². The van der Waals surface area contributed by atoms with Gasteiger partial charge in [0.2, 0.25) is 0 Å². The third-order valence-electron chi connectivity index (χ3n) is 13.1. The summed E-state index contributed by atoms with van der Waals surface area (Å²) in [6.07, 6.45) is 32.5. The molecule has 0 saturated carbocycles. The van der Waals surface area contributed by atoms with Gasteiger partial charge in [-0.15, -0.1) is 22.1 Å². The van der Waals surface area contributed by atoms with Crippen molar-refractivity contribution < 1.29 is 38.5 Å².